The van der Waals surface area contributed by atoms with Crippen molar-refractivity contribution in [1.82, 2.24) is 19.9 Å². The molecule has 0 unspecified atom stereocenters. The highest BCUT2D eigenvalue weighted by Gasteiger charge is 2.19. The van der Waals surface area contributed by atoms with Crippen LogP contribution in [0, 0.1) is 0 Å². The second kappa shape index (κ2) is 13.0. The Morgan fingerprint density at radius 3 is 1.67 bits per heavy atom. The number of rotatable bonds is 5. The van der Waals surface area contributed by atoms with Crippen molar-refractivity contribution < 1.29 is 9.53 Å². The van der Waals surface area contributed by atoms with Crippen LogP contribution in [0.1, 0.15) is 29.7 Å². The highest BCUT2D eigenvalue weighted by atomic mass is 16.5. The van der Waals surface area contributed by atoms with Gasteiger partial charge in [0.25, 0.3) is 0 Å². The van der Waals surface area contributed by atoms with Crippen LogP contribution in [0.15, 0.2) is 140 Å². The number of H-pyrrole nitrogens is 2. The molecule has 5 heterocycles. The molecule has 9 rings (SSSR count). The lowest BCUT2D eigenvalue weighted by molar-refractivity contribution is -0.131. The summed E-state index contributed by atoms with van der Waals surface area (Å²) in [5, 5.41) is 0. The van der Waals surface area contributed by atoms with Crippen LogP contribution in [-0.4, -0.2) is 25.9 Å². The number of aromatic amines is 2. The molecule has 8 bridgehead atoms. The predicted molar refractivity (Wildman–Crippen MR) is 212 cm³/mol. The molecule has 0 radical (unpaired) electrons. The number of aromatic nitrogens is 4. The first-order valence-electron chi connectivity index (χ1n) is 17.2. The van der Waals surface area contributed by atoms with E-state index in [9.17, 15) is 4.79 Å². The summed E-state index contributed by atoms with van der Waals surface area (Å²) in [5.41, 5.74) is 15.0. The zero-order valence-electron chi connectivity index (χ0n) is 28.3. The smallest absolute Gasteiger partial charge is 0.308 e. The Morgan fingerprint density at radius 2 is 1.06 bits per heavy atom. The van der Waals surface area contributed by atoms with Gasteiger partial charge < -0.3 is 14.7 Å². The maximum Gasteiger partial charge on any atom is 0.308 e. The molecular weight excluding hydrogens is 641 g/mol. The van der Waals surface area contributed by atoms with Gasteiger partial charge in [-0.05, 0) is 83.0 Å². The summed E-state index contributed by atoms with van der Waals surface area (Å²) in [6.45, 7) is 1.41. The Kier molecular flexibility index (Phi) is 7.75. The molecule has 6 nitrogen and oxygen atoms in total. The van der Waals surface area contributed by atoms with Gasteiger partial charge >= 0.3 is 5.97 Å². The monoisotopic (exact) mass is 672 g/mol. The molecule has 3 aromatic heterocycles. The maximum absolute atomic E-state index is 11.9. The fourth-order valence-electron chi connectivity index (χ4n) is 7.07. The molecule has 52 heavy (non-hydrogen) atoms. The van der Waals surface area contributed by atoms with Gasteiger partial charge in [0.15, 0.2) is 0 Å². The second-order valence-electron chi connectivity index (χ2n) is 12.8. The van der Waals surface area contributed by atoms with Crippen LogP contribution in [-0.2, 0) is 4.79 Å². The number of esters is 1. The van der Waals surface area contributed by atoms with Crippen LogP contribution >= 0.6 is 0 Å². The molecule has 0 amide bonds. The summed E-state index contributed by atoms with van der Waals surface area (Å²) in [6, 6.07) is 47.2. The highest BCUT2D eigenvalue weighted by Crippen LogP contribution is 2.39. The van der Waals surface area contributed by atoms with Crippen molar-refractivity contribution in [3.05, 3.63) is 162 Å². The minimum absolute atomic E-state index is 0.368. The van der Waals surface area contributed by atoms with Crippen molar-refractivity contribution in [3.63, 3.8) is 0 Å². The SMILES string of the molecule is CC(=O)Oc1cccc(-c2cc3cc4nc(c(-c5ccccc5)c5ccc([nH]5)c(-c5ccccc5)c5nc(c(-c6ccccc6)c2[nH]3)C=C5)C=C4)c1. The van der Waals surface area contributed by atoms with Gasteiger partial charge in [-0.25, -0.2) is 9.97 Å². The molecule has 0 atom stereocenters. The molecular formula is C46H32N4O2. The first-order chi connectivity index (χ1) is 25.6. The van der Waals surface area contributed by atoms with E-state index in [-0.39, 0.29) is 5.97 Å². The molecule has 0 fully saturated rings. The molecule has 2 N–H and O–H groups in total. The number of nitrogens with one attached hydrogen (secondary N) is 2. The van der Waals surface area contributed by atoms with Gasteiger partial charge in [-0.2, -0.15) is 0 Å². The van der Waals surface area contributed by atoms with Crippen LogP contribution in [0.5, 0.6) is 5.75 Å². The summed E-state index contributed by atoms with van der Waals surface area (Å²) in [7, 11) is 0. The summed E-state index contributed by atoms with van der Waals surface area (Å²) in [5.74, 6) is 0.113. The number of ether oxygens (including phenoxy) is 1. The minimum Gasteiger partial charge on any atom is -0.427 e. The standard InChI is InChI=1S/C46H32N4O2/c1-29(51)52-36-19-11-18-33(26-36)37-28-35-27-34-20-21-38(47-34)43(30-12-5-2-6-13-30)39-22-23-40(49-39)44(31-14-7-3-8-15-31)41-24-25-42(50-41)45(46(37)48-35)32-16-9-4-10-17-32/h2-28,48-49H,1H3. The molecule has 0 spiro atoms. The molecule has 6 heteroatoms. The summed E-state index contributed by atoms with van der Waals surface area (Å²) in [6.07, 6.45) is 8.32. The summed E-state index contributed by atoms with van der Waals surface area (Å²) >= 11 is 0. The van der Waals surface area contributed by atoms with Crippen molar-refractivity contribution in [3.8, 4) is 50.3 Å². The van der Waals surface area contributed by atoms with Crippen molar-refractivity contribution in [2.75, 3.05) is 0 Å². The van der Waals surface area contributed by atoms with E-state index in [2.05, 4.69) is 119 Å². The van der Waals surface area contributed by atoms with Gasteiger partial charge in [-0.15, -0.1) is 0 Å². The van der Waals surface area contributed by atoms with Gasteiger partial charge in [-0.1, -0.05) is 103 Å². The average Bonchev–Trinajstić information content (AvgIpc) is 4.00. The third-order valence-electron chi connectivity index (χ3n) is 9.28. The van der Waals surface area contributed by atoms with E-state index in [0.717, 1.165) is 89.4 Å². The van der Waals surface area contributed by atoms with Crippen molar-refractivity contribution in [1.29, 1.82) is 0 Å². The number of carbonyl (C=O) groups excluding carboxylic acids is 1. The lowest BCUT2D eigenvalue weighted by Gasteiger charge is -2.08. The van der Waals surface area contributed by atoms with Crippen LogP contribution in [0.4, 0.5) is 0 Å². The average molecular weight is 673 g/mol. The van der Waals surface area contributed by atoms with Crippen molar-refractivity contribution >= 4 is 52.3 Å². The lowest BCUT2D eigenvalue weighted by atomic mass is 9.99. The van der Waals surface area contributed by atoms with E-state index in [4.69, 9.17) is 14.7 Å². The summed E-state index contributed by atoms with van der Waals surface area (Å²) in [4.78, 5) is 30.0. The van der Waals surface area contributed by atoms with E-state index in [1.165, 1.54) is 6.92 Å². The fourth-order valence-corrected chi connectivity index (χ4v) is 7.07. The van der Waals surface area contributed by atoms with Gasteiger partial charge in [0, 0.05) is 45.7 Å². The third kappa shape index (κ3) is 5.82. The Labute approximate surface area is 300 Å². The van der Waals surface area contributed by atoms with Gasteiger partial charge in [-0.3, -0.25) is 4.79 Å². The second-order valence-corrected chi connectivity index (χ2v) is 12.8. The van der Waals surface area contributed by atoms with Crippen LogP contribution < -0.4 is 4.74 Å². The highest BCUT2D eigenvalue weighted by molar-refractivity contribution is 6.01. The van der Waals surface area contributed by atoms with E-state index in [1.807, 2.05) is 48.5 Å². The minimum atomic E-state index is -0.368. The Bertz CT molecular complexity index is 2720. The molecule has 0 saturated heterocycles. The quantitative estimate of drug-likeness (QED) is 0.141. The molecule has 248 valence electrons. The zero-order chi connectivity index (χ0) is 35.0. The largest absolute Gasteiger partial charge is 0.427 e. The molecule has 0 aliphatic carbocycles. The molecule has 2 aliphatic heterocycles. The van der Waals surface area contributed by atoms with E-state index >= 15 is 0 Å². The number of benzene rings is 4. The number of nitrogens with zero attached hydrogens (tertiary/aromatic N) is 2. The number of fused-ring (bicyclic) bond motifs is 8. The van der Waals surface area contributed by atoms with Crippen LogP contribution in [0.2, 0.25) is 0 Å². The third-order valence-corrected chi connectivity index (χ3v) is 9.28. The Hall–Kier alpha value is -7.05. The van der Waals surface area contributed by atoms with Crippen LogP contribution in [0.25, 0.3) is 90.9 Å². The van der Waals surface area contributed by atoms with Crippen molar-refractivity contribution in [2.24, 2.45) is 0 Å². The summed E-state index contributed by atoms with van der Waals surface area (Å²) < 4.78 is 5.52. The normalized spacial score (nSPS) is 11.9. The van der Waals surface area contributed by atoms with Gasteiger partial charge in [0.1, 0.15) is 5.75 Å². The number of hydrogen-bond donors (Lipinski definition) is 2. The van der Waals surface area contributed by atoms with Gasteiger partial charge in [0.05, 0.1) is 28.3 Å². The molecule has 2 aliphatic rings. The number of hydrogen-bond acceptors (Lipinski definition) is 4. The van der Waals surface area contributed by atoms with E-state index in [1.54, 1.807) is 6.07 Å². The molecule has 4 aromatic carbocycles. The van der Waals surface area contributed by atoms with E-state index < -0.39 is 0 Å². The Balaban J connectivity index is 1.45. The Morgan fingerprint density at radius 1 is 0.519 bits per heavy atom. The van der Waals surface area contributed by atoms with E-state index in [0.29, 0.717) is 5.75 Å². The topological polar surface area (TPSA) is 83.7 Å². The van der Waals surface area contributed by atoms with Gasteiger partial charge in [0.2, 0.25) is 0 Å². The van der Waals surface area contributed by atoms with Crippen molar-refractivity contribution in [2.45, 2.75) is 6.92 Å². The maximum atomic E-state index is 11.9. The zero-order valence-corrected chi connectivity index (χ0v) is 28.3. The first kappa shape index (κ1) is 31.0. The number of carbonyl (C=O) groups is 1. The fraction of sp³-hybridized carbons (Fsp3) is 0.0217. The first-order valence-corrected chi connectivity index (χ1v) is 17.2. The molecule has 0 saturated carbocycles. The lowest BCUT2D eigenvalue weighted by Crippen LogP contribution is -2.01. The van der Waals surface area contributed by atoms with Crippen LogP contribution in [0.3, 0.4) is 0 Å². The molecule has 7 aromatic rings. The predicted octanol–water partition coefficient (Wildman–Crippen LogP) is 11.2.